The monoisotopic (exact) mass is 215 g/mol. The maximum absolute atomic E-state index is 2.62. The van der Waals surface area contributed by atoms with Gasteiger partial charge in [0, 0.05) is 13.9 Å². The van der Waals surface area contributed by atoms with Gasteiger partial charge in [-0.25, -0.2) is 0 Å². The third-order valence-electron chi connectivity index (χ3n) is 3.70. The van der Waals surface area contributed by atoms with Crippen LogP contribution < -0.4 is 0 Å². The van der Waals surface area contributed by atoms with Gasteiger partial charge in [-0.2, -0.15) is 0 Å². The summed E-state index contributed by atoms with van der Waals surface area (Å²) in [4.78, 5) is 0. The van der Waals surface area contributed by atoms with Crippen LogP contribution in [0.25, 0.3) is 0 Å². The van der Waals surface area contributed by atoms with Crippen molar-refractivity contribution in [1.82, 2.24) is 0 Å². The Morgan fingerprint density at radius 2 is 1.43 bits per heavy atom. The second-order valence-electron chi connectivity index (χ2n) is 5.27. The van der Waals surface area contributed by atoms with Crippen LogP contribution in [0.3, 0.4) is 0 Å². The largest absolute Gasteiger partial charge is 0.0654 e. The van der Waals surface area contributed by atoms with Crippen molar-refractivity contribution in [3.63, 3.8) is 0 Å². The lowest BCUT2D eigenvalue weighted by Crippen LogP contribution is -1.98. The summed E-state index contributed by atoms with van der Waals surface area (Å²) < 4.78 is 0. The highest BCUT2D eigenvalue weighted by atomic mass is 31.2. The molecule has 0 unspecified atom stereocenters. The second kappa shape index (κ2) is 6.83. The molecule has 0 aromatic heterocycles. The van der Waals surface area contributed by atoms with Crippen LogP contribution in [0.15, 0.2) is 0 Å². The van der Waals surface area contributed by atoms with Crippen LogP contribution in [-0.4, -0.2) is 25.2 Å². The van der Waals surface area contributed by atoms with Gasteiger partial charge < -0.3 is 0 Å². The lowest BCUT2D eigenvalue weighted by molar-refractivity contribution is 0.625. The first-order valence-corrected chi connectivity index (χ1v) is 9.39. The predicted octanol–water partition coefficient (Wildman–Crippen LogP) is 4.79. The van der Waals surface area contributed by atoms with Crippen molar-refractivity contribution >= 4 is 7.26 Å². The lowest BCUT2D eigenvalue weighted by atomic mass is 10.1. The predicted molar refractivity (Wildman–Crippen MR) is 70.1 cm³/mol. The number of hydrogen-bond donors (Lipinski definition) is 0. The minimum absolute atomic E-state index is 0.376. The Balaban J connectivity index is 1.92. The molecule has 1 aliphatic rings. The Bertz CT molecular complexity index is 136. The molecule has 1 heteroatoms. The summed E-state index contributed by atoms with van der Waals surface area (Å²) in [5.74, 6) is 0. The highest BCUT2D eigenvalue weighted by molar-refractivity contribution is 7.75. The molecule has 1 aliphatic heterocycles. The molecule has 14 heavy (non-hydrogen) atoms. The Hall–Kier alpha value is 0.430. The van der Waals surface area contributed by atoms with Gasteiger partial charge in [-0.3, -0.25) is 0 Å². The van der Waals surface area contributed by atoms with Crippen molar-refractivity contribution in [2.75, 3.05) is 25.2 Å². The fraction of sp³-hybridized carbons (Fsp3) is 1.00. The molecule has 0 amide bonds. The van der Waals surface area contributed by atoms with Crippen molar-refractivity contribution in [2.24, 2.45) is 0 Å². The number of rotatable bonds is 7. The third-order valence-corrected chi connectivity index (χ3v) is 7.89. The van der Waals surface area contributed by atoms with Gasteiger partial charge in [0.05, 0.1) is 18.5 Å². The van der Waals surface area contributed by atoms with Gasteiger partial charge in [-0.1, -0.05) is 32.6 Å². The summed E-state index contributed by atoms with van der Waals surface area (Å²) in [6, 6.07) is 0. The topological polar surface area (TPSA) is 0 Å². The zero-order chi connectivity index (χ0) is 10.3. The molecule has 0 nitrogen and oxygen atoms in total. The van der Waals surface area contributed by atoms with Crippen molar-refractivity contribution in [3.05, 3.63) is 0 Å². The fourth-order valence-corrected chi connectivity index (χ4v) is 6.23. The first kappa shape index (κ1) is 12.5. The van der Waals surface area contributed by atoms with Gasteiger partial charge in [0.2, 0.25) is 0 Å². The van der Waals surface area contributed by atoms with Gasteiger partial charge in [0.15, 0.2) is 0 Å². The SMILES string of the molecule is CCCCCCCC[P+]1(C)CCCC1. The minimum Gasteiger partial charge on any atom is -0.0654 e. The van der Waals surface area contributed by atoms with Crippen LogP contribution in [0.4, 0.5) is 0 Å². The van der Waals surface area contributed by atoms with Crippen LogP contribution >= 0.6 is 7.26 Å². The maximum atomic E-state index is 2.62. The summed E-state index contributed by atoms with van der Waals surface area (Å²) in [5, 5.41) is 0. The van der Waals surface area contributed by atoms with Gasteiger partial charge in [-0.15, -0.1) is 0 Å². The third kappa shape index (κ3) is 4.78. The second-order valence-corrected chi connectivity index (χ2v) is 9.85. The van der Waals surface area contributed by atoms with Crippen LogP contribution in [0.2, 0.25) is 0 Å². The van der Waals surface area contributed by atoms with E-state index in [-0.39, 0.29) is 7.26 Å². The van der Waals surface area contributed by atoms with E-state index in [1.165, 1.54) is 38.5 Å². The Kier molecular flexibility index (Phi) is 6.10. The summed E-state index contributed by atoms with van der Waals surface area (Å²) in [7, 11) is -0.376. The van der Waals surface area contributed by atoms with E-state index in [0.717, 1.165) is 0 Å². The van der Waals surface area contributed by atoms with E-state index in [9.17, 15) is 0 Å². The van der Waals surface area contributed by atoms with Gasteiger partial charge in [0.1, 0.15) is 0 Å². The molecule has 0 atom stereocenters. The van der Waals surface area contributed by atoms with Crippen LogP contribution in [0.1, 0.15) is 58.3 Å². The molecular weight excluding hydrogens is 187 g/mol. The molecule has 0 saturated carbocycles. The first-order valence-electron chi connectivity index (χ1n) is 6.60. The molecule has 1 fully saturated rings. The molecule has 0 bridgehead atoms. The van der Waals surface area contributed by atoms with Crippen molar-refractivity contribution < 1.29 is 0 Å². The van der Waals surface area contributed by atoms with E-state index < -0.39 is 0 Å². The summed E-state index contributed by atoms with van der Waals surface area (Å²) in [6.45, 7) is 4.91. The van der Waals surface area contributed by atoms with E-state index in [1.54, 1.807) is 31.3 Å². The zero-order valence-corrected chi connectivity index (χ0v) is 11.1. The van der Waals surface area contributed by atoms with E-state index in [4.69, 9.17) is 0 Å². The Morgan fingerprint density at radius 3 is 2.07 bits per heavy atom. The average molecular weight is 215 g/mol. The molecule has 0 N–H and O–H groups in total. The van der Waals surface area contributed by atoms with Crippen LogP contribution in [0, 0.1) is 0 Å². The smallest absolute Gasteiger partial charge is 0.0593 e. The fourth-order valence-electron chi connectivity index (χ4n) is 2.60. The summed E-state index contributed by atoms with van der Waals surface area (Å²) in [5.41, 5.74) is 0. The Morgan fingerprint density at radius 1 is 0.857 bits per heavy atom. The molecular formula is C13H28P+. The molecule has 0 spiro atoms. The molecule has 0 aromatic carbocycles. The molecule has 1 saturated heterocycles. The Labute approximate surface area is 91.2 Å². The zero-order valence-electron chi connectivity index (χ0n) is 10.2. The van der Waals surface area contributed by atoms with Crippen molar-refractivity contribution in [2.45, 2.75) is 58.3 Å². The summed E-state index contributed by atoms with van der Waals surface area (Å²) in [6.07, 6.45) is 16.8. The van der Waals surface area contributed by atoms with E-state index in [0.29, 0.717) is 0 Å². The molecule has 1 heterocycles. The maximum Gasteiger partial charge on any atom is 0.0593 e. The lowest BCUT2D eigenvalue weighted by Gasteiger charge is -2.16. The number of unbranched alkanes of at least 4 members (excludes halogenated alkanes) is 5. The average Bonchev–Trinajstić information content (AvgIpc) is 2.59. The highest BCUT2D eigenvalue weighted by Gasteiger charge is 2.34. The van der Waals surface area contributed by atoms with Gasteiger partial charge in [0.25, 0.3) is 0 Å². The number of hydrogen-bond acceptors (Lipinski definition) is 0. The van der Waals surface area contributed by atoms with Gasteiger partial charge in [-0.05, 0) is 25.7 Å². The molecule has 1 rings (SSSR count). The quantitative estimate of drug-likeness (QED) is 0.423. The summed E-state index contributed by atoms with van der Waals surface area (Å²) >= 11 is 0. The highest BCUT2D eigenvalue weighted by Crippen LogP contribution is 2.60. The standard InChI is InChI=1S/C13H28P/c1-3-4-5-6-7-8-11-14(2)12-9-10-13-14/h3-13H2,1-2H3/q+1. The molecule has 0 radical (unpaired) electrons. The minimum atomic E-state index is -0.376. The first-order chi connectivity index (χ1) is 6.77. The van der Waals surface area contributed by atoms with Crippen LogP contribution in [-0.2, 0) is 0 Å². The van der Waals surface area contributed by atoms with Gasteiger partial charge >= 0.3 is 0 Å². The van der Waals surface area contributed by atoms with E-state index in [1.807, 2.05) is 0 Å². The van der Waals surface area contributed by atoms with Crippen molar-refractivity contribution in [1.29, 1.82) is 0 Å². The molecule has 0 aromatic rings. The van der Waals surface area contributed by atoms with Crippen LogP contribution in [0.5, 0.6) is 0 Å². The van der Waals surface area contributed by atoms with E-state index >= 15 is 0 Å². The normalized spacial score (nSPS) is 20.1. The molecule has 84 valence electrons. The van der Waals surface area contributed by atoms with E-state index in [2.05, 4.69) is 13.6 Å². The molecule has 0 aliphatic carbocycles. The van der Waals surface area contributed by atoms with Crippen molar-refractivity contribution in [3.8, 4) is 0 Å².